The van der Waals surface area contributed by atoms with E-state index in [1.807, 2.05) is 43.5 Å². The molecule has 3 N–H and O–H groups in total. The van der Waals surface area contributed by atoms with E-state index < -0.39 is 0 Å². The molecule has 0 bridgehead atoms. The predicted molar refractivity (Wildman–Crippen MR) is 75.8 cm³/mol. The molecule has 0 fully saturated rings. The lowest BCUT2D eigenvalue weighted by atomic mass is 10.1. The van der Waals surface area contributed by atoms with Gasteiger partial charge in [-0.2, -0.15) is 0 Å². The van der Waals surface area contributed by atoms with Gasteiger partial charge in [0, 0.05) is 24.4 Å². The zero-order valence-electron chi connectivity index (χ0n) is 11.3. The Hall–Kier alpha value is -1.94. The highest BCUT2D eigenvalue weighted by Crippen LogP contribution is 2.28. The summed E-state index contributed by atoms with van der Waals surface area (Å²) in [7, 11) is 1.65. The Morgan fingerprint density at radius 1 is 1.26 bits per heavy atom. The average molecular weight is 260 g/mol. The number of aryl methyl sites for hydroxylation is 1. The van der Waals surface area contributed by atoms with Crippen LogP contribution in [0.4, 0.5) is 0 Å². The van der Waals surface area contributed by atoms with E-state index in [0.29, 0.717) is 13.2 Å². The zero-order valence-corrected chi connectivity index (χ0v) is 11.3. The molecule has 1 aromatic carbocycles. The molecule has 2 rings (SSSR count). The van der Waals surface area contributed by atoms with Crippen LogP contribution in [0.2, 0.25) is 0 Å². The van der Waals surface area contributed by atoms with Crippen molar-refractivity contribution in [1.29, 1.82) is 0 Å². The summed E-state index contributed by atoms with van der Waals surface area (Å²) in [6.07, 6.45) is 1.89. The molecule has 1 aromatic heterocycles. The minimum Gasteiger partial charge on any atom is -0.493 e. The Labute approximate surface area is 113 Å². The van der Waals surface area contributed by atoms with Crippen molar-refractivity contribution in [2.75, 3.05) is 20.3 Å². The molecule has 1 unspecified atom stereocenters. The second kappa shape index (κ2) is 6.29. The summed E-state index contributed by atoms with van der Waals surface area (Å²) in [4.78, 5) is 3.17. The monoisotopic (exact) mass is 260 g/mol. The number of hydrogen-bond donors (Lipinski definition) is 2. The van der Waals surface area contributed by atoms with Crippen LogP contribution >= 0.6 is 0 Å². The molecule has 0 saturated carbocycles. The molecule has 1 atom stereocenters. The van der Waals surface area contributed by atoms with Crippen molar-refractivity contribution in [3.8, 4) is 11.5 Å². The fraction of sp³-hybridized carbons (Fsp3) is 0.333. The molecule has 19 heavy (non-hydrogen) atoms. The summed E-state index contributed by atoms with van der Waals surface area (Å²) >= 11 is 0. The maximum Gasteiger partial charge on any atom is 0.161 e. The lowest BCUT2D eigenvalue weighted by Gasteiger charge is -2.16. The maximum atomic E-state index is 5.83. The number of nitrogens with two attached hydrogens (primary N) is 1. The maximum absolute atomic E-state index is 5.83. The molecule has 1 heterocycles. The third-order valence-electron chi connectivity index (χ3n) is 3.11. The fourth-order valence-electron chi connectivity index (χ4n) is 1.97. The minimum atomic E-state index is 0.154. The van der Waals surface area contributed by atoms with Crippen molar-refractivity contribution in [2.24, 2.45) is 5.73 Å². The van der Waals surface area contributed by atoms with E-state index in [-0.39, 0.29) is 5.92 Å². The Morgan fingerprint density at radius 3 is 2.74 bits per heavy atom. The van der Waals surface area contributed by atoms with Gasteiger partial charge < -0.3 is 20.2 Å². The average Bonchev–Trinajstić information content (AvgIpc) is 2.94. The Balaban J connectivity index is 2.05. The Morgan fingerprint density at radius 2 is 2.11 bits per heavy atom. The Kier molecular flexibility index (Phi) is 4.47. The van der Waals surface area contributed by atoms with E-state index in [1.54, 1.807) is 7.11 Å². The van der Waals surface area contributed by atoms with Crippen LogP contribution in [0.25, 0.3) is 0 Å². The second-order valence-corrected chi connectivity index (χ2v) is 4.52. The number of nitrogens with one attached hydrogen (secondary N) is 1. The number of benzene rings is 1. The Bertz CT molecular complexity index is 509. The smallest absolute Gasteiger partial charge is 0.161 e. The number of aromatic amines is 1. The molecule has 0 radical (unpaired) electrons. The molecule has 0 aliphatic heterocycles. The molecule has 0 spiro atoms. The third kappa shape index (κ3) is 3.29. The van der Waals surface area contributed by atoms with Crippen LogP contribution in [-0.2, 0) is 0 Å². The van der Waals surface area contributed by atoms with E-state index in [0.717, 1.165) is 22.8 Å². The molecule has 0 aliphatic rings. The molecule has 102 valence electrons. The van der Waals surface area contributed by atoms with Crippen molar-refractivity contribution >= 4 is 0 Å². The standard InChI is InChI=1S/C15H20N2O2/c1-11-5-6-14(15(8-11)18-2)19-10-12(9-16)13-4-3-7-17-13/h3-8,12,17H,9-10,16H2,1-2H3. The number of rotatable bonds is 6. The minimum absolute atomic E-state index is 0.154. The first kappa shape index (κ1) is 13.5. The lowest BCUT2D eigenvalue weighted by Crippen LogP contribution is -2.20. The van der Waals surface area contributed by atoms with Crippen molar-refractivity contribution in [3.63, 3.8) is 0 Å². The first-order chi connectivity index (χ1) is 9.24. The highest BCUT2D eigenvalue weighted by atomic mass is 16.5. The second-order valence-electron chi connectivity index (χ2n) is 4.52. The molecular formula is C15H20N2O2. The van der Waals surface area contributed by atoms with Gasteiger partial charge >= 0.3 is 0 Å². The number of methoxy groups -OCH3 is 1. The van der Waals surface area contributed by atoms with Gasteiger partial charge in [0.1, 0.15) is 0 Å². The quantitative estimate of drug-likeness (QED) is 0.838. The normalized spacial score (nSPS) is 12.2. The summed E-state index contributed by atoms with van der Waals surface area (Å²) in [5.74, 6) is 1.65. The van der Waals surface area contributed by atoms with Gasteiger partial charge in [0.25, 0.3) is 0 Å². The van der Waals surface area contributed by atoms with Gasteiger partial charge in [-0.1, -0.05) is 6.07 Å². The highest BCUT2D eigenvalue weighted by molar-refractivity contribution is 5.42. The number of H-pyrrole nitrogens is 1. The fourth-order valence-corrected chi connectivity index (χ4v) is 1.97. The van der Waals surface area contributed by atoms with E-state index in [4.69, 9.17) is 15.2 Å². The number of hydrogen-bond acceptors (Lipinski definition) is 3. The van der Waals surface area contributed by atoms with Gasteiger partial charge in [-0.3, -0.25) is 0 Å². The number of ether oxygens (including phenoxy) is 2. The van der Waals surface area contributed by atoms with Gasteiger partial charge in [-0.05, 0) is 36.8 Å². The summed E-state index contributed by atoms with van der Waals surface area (Å²) < 4.78 is 11.2. The van der Waals surface area contributed by atoms with E-state index in [2.05, 4.69) is 4.98 Å². The summed E-state index contributed by atoms with van der Waals surface area (Å²) in [6.45, 7) is 3.08. The van der Waals surface area contributed by atoms with Gasteiger partial charge in [0.15, 0.2) is 11.5 Å². The van der Waals surface area contributed by atoms with Crippen LogP contribution < -0.4 is 15.2 Å². The molecular weight excluding hydrogens is 240 g/mol. The van der Waals surface area contributed by atoms with Crippen LogP contribution in [0.5, 0.6) is 11.5 Å². The van der Waals surface area contributed by atoms with Crippen molar-refractivity contribution < 1.29 is 9.47 Å². The van der Waals surface area contributed by atoms with Crippen LogP contribution in [0.1, 0.15) is 17.2 Å². The SMILES string of the molecule is COc1cc(C)ccc1OCC(CN)c1ccc[nH]1. The molecule has 2 aromatic rings. The van der Waals surface area contributed by atoms with Crippen LogP contribution in [0.15, 0.2) is 36.5 Å². The van der Waals surface area contributed by atoms with Gasteiger partial charge in [0.05, 0.1) is 13.7 Å². The molecule has 0 amide bonds. The van der Waals surface area contributed by atoms with E-state index in [9.17, 15) is 0 Å². The largest absolute Gasteiger partial charge is 0.493 e. The molecule has 0 saturated heterocycles. The van der Waals surface area contributed by atoms with Crippen molar-refractivity contribution in [3.05, 3.63) is 47.8 Å². The van der Waals surface area contributed by atoms with E-state index >= 15 is 0 Å². The van der Waals surface area contributed by atoms with Gasteiger partial charge in [-0.15, -0.1) is 0 Å². The predicted octanol–water partition coefficient (Wildman–Crippen LogP) is 2.45. The van der Waals surface area contributed by atoms with Gasteiger partial charge in [0.2, 0.25) is 0 Å². The van der Waals surface area contributed by atoms with Crippen molar-refractivity contribution in [2.45, 2.75) is 12.8 Å². The molecule has 4 nitrogen and oxygen atoms in total. The first-order valence-electron chi connectivity index (χ1n) is 6.35. The topological polar surface area (TPSA) is 60.3 Å². The summed E-state index contributed by atoms with van der Waals surface area (Å²) in [5, 5.41) is 0. The van der Waals surface area contributed by atoms with Crippen LogP contribution in [0, 0.1) is 6.92 Å². The van der Waals surface area contributed by atoms with Crippen LogP contribution in [-0.4, -0.2) is 25.2 Å². The summed E-state index contributed by atoms with van der Waals surface area (Å²) in [5.41, 5.74) is 8.03. The van der Waals surface area contributed by atoms with E-state index in [1.165, 1.54) is 0 Å². The third-order valence-corrected chi connectivity index (χ3v) is 3.11. The lowest BCUT2D eigenvalue weighted by molar-refractivity contribution is 0.271. The van der Waals surface area contributed by atoms with Crippen molar-refractivity contribution in [1.82, 2.24) is 4.98 Å². The summed E-state index contributed by atoms with van der Waals surface area (Å²) in [6, 6.07) is 9.87. The highest BCUT2D eigenvalue weighted by Gasteiger charge is 2.13. The van der Waals surface area contributed by atoms with Crippen LogP contribution in [0.3, 0.4) is 0 Å². The molecule has 0 aliphatic carbocycles. The first-order valence-corrected chi connectivity index (χ1v) is 6.35. The molecule has 4 heteroatoms. The van der Waals surface area contributed by atoms with Gasteiger partial charge in [-0.25, -0.2) is 0 Å². The number of aromatic nitrogens is 1. The zero-order chi connectivity index (χ0) is 13.7.